The van der Waals surface area contributed by atoms with Gasteiger partial charge in [0.2, 0.25) is 0 Å². The lowest BCUT2D eigenvalue weighted by Gasteiger charge is -2.22. The second-order valence-electron chi connectivity index (χ2n) is 3.95. The molecule has 5 nitrogen and oxygen atoms in total. The highest BCUT2D eigenvalue weighted by atomic mass is 19.4. The topological polar surface area (TPSA) is 59.2 Å². The van der Waals surface area contributed by atoms with Gasteiger partial charge in [-0.3, -0.25) is 9.78 Å². The van der Waals surface area contributed by atoms with Crippen molar-refractivity contribution in [1.82, 2.24) is 14.9 Å². The van der Waals surface area contributed by atoms with Gasteiger partial charge in [-0.05, 0) is 12.1 Å². The first kappa shape index (κ1) is 14.0. The molecule has 0 spiro atoms. The van der Waals surface area contributed by atoms with Gasteiger partial charge in [-0.1, -0.05) is 0 Å². The normalized spacial score (nSPS) is 11.3. The van der Waals surface area contributed by atoms with E-state index in [0.717, 1.165) is 6.20 Å². The van der Waals surface area contributed by atoms with Crippen LogP contribution in [0.2, 0.25) is 0 Å². The average Bonchev–Trinajstić information content (AvgIpc) is 2.89. The molecule has 0 aliphatic carbocycles. The van der Waals surface area contributed by atoms with Crippen LogP contribution in [0.15, 0.2) is 41.4 Å². The van der Waals surface area contributed by atoms with Crippen LogP contribution in [0, 0.1) is 0 Å². The molecule has 0 unspecified atom stereocenters. The molecule has 0 atom stereocenters. The molecule has 0 radical (unpaired) electrons. The monoisotopic (exact) mass is 285 g/mol. The van der Waals surface area contributed by atoms with Crippen molar-refractivity contribution in [2.45, 2.75) is 12.7 Å². The molecule has 0 aromatic carbocycles. The zero-order chi connectivity index (χ0) is 14.6. The molecule has 0 aliphatic rings. The summed E-state index contributed by atoms with van der Waals surface area (Å²) >= 11 is 0. The number of rotatable bonds is 4. The molecular weight excluding hydrogens is 275 g/mol. The summed E-state index contributed by atoms with van der Waals surface area (Å²) in [6.07, 6.45) is 0.509. The molecule has 0 fully saturated rings. The highest BCUT2D eigenvalue weighted by molar-refractivity contribution is 5.91. The Balaban J connectivity index is 2.19. The van der Waals surface area contributed by atoms with Crippen molar-refractivity contribution in [2.75, 3.05) is 6.54 Å². The fourth-order valence-electron chi connectivity index (χ4n) is 1.58. The summed E-state index contributed by atoms with van der Waals surface area (Å²) in [5, 5.41) is 0. The van der Waals surface area contributed by atoms with Crippen molar-refractivity contribution in [3.63, 3.8) is 0 Å². The minimum atomic E-state index is -4.51. The third-order valence-electron chi connectivity index (χ3n) is 2.37. The van der Waals surface area contributed by atoms with Gasteiger partial charge in [-0.15, -0.1) is 0 Å². The Kier molecular flexibility index (Phi) is 4.02. The van der Waals surface area contributed by atoms with Gasteiger partial charge in [0.25, 0.3) is 5.91 Å². The van der Waals surface area contributed by atoms with E-state index in [-0.39, 0.29) is 18.0 Å². The third kappa shape index (κ3) is 3.81. The molecule has 0 bridgehead atoms. The number of alkyl halides is 3. The van der Waals surface area contributed by atoms with Gasteiger partial charge in [-0.25, -0.2) is 4.98 Å². The summed E-state index contributed by atoms with van der Waals surface area (Å²) in [6, 6.07) is 3.03. The summed E-state index contributed by atoms with van der Waals surface area (Å²) < 4.78 is 42.6. The molecule has 2 heterocycles. The van der Waals surface area contributed by atoms with Crippen LogP contribution in [0.25, 0.3) is 0 Å². The summed E-state index contributed by atoms with van der Waals surface area (Å²) in [7, 11) is 0. The van der Waals surface area contributed by atoms with E-state index in [1.165, 1.54) is 30.8 Å². The van der Waals surface area contributed by atoms with E-state index in [1.807, 2.05) is 0 Å². The van der Waals surface area contributed by atoms with Crippen LogP contribution < -0.4 is 0 Å². The number of hydrogen-bond donors (Lipinski definition) is 0. The first-order valence-electron chi connectivity index (χ1n) is 5.60. The number of amides is 1. The van der Waals surface area contributed by atoms with Gasteiger partial charge < -0.3 is 9.32 Å². The molecule has 20 heavy (non-hydrogen) atoms. The highest BCUT2D eigenvalue weighted by Crippen LogP contribution is 2.19. The van der Waals surface area contributed by atoms with E-state index in [4.69, 9.17) is 4.42 Å². The van der Waals surface area contributed by atoms with Crippen molar-refractivity contribution in [1.29, 1.82) is 0 Å². The van der Waals surface area contributed by atoms with Crippen LogP contribution in [-0.2, 0) is 6.54 Å². The Hall–Kier alpha value is -2.38. The van der Waals surface area contributed by atoms with Crippen molar-refractivity contribution in [3.8, 4) is 0 Å². The third-order valence-corrected chi connectivity index (χ3v) is 2.37. The predicted molar refractivity (Wildman–Crippen MR) is 61.5 cm³/mol. The van der Waals surface area contributed by atoms with Crippen LogP contribution in [0.1, 0.15) is 16.2 Å². The first-order valence-corrected chi connectivity index (χ1v) is 5.60. The lowest BCUT2D eigenvalue weighted by Crippen LogP contribution is -2.38. The van der Waals surface area contributed by atoms with Crippen molar-refractivity contribution in [3.05, 3.63) is 48.4 Å². The van der Waals surface area contributed by atoms with E-state index in [1.54, 1.807) is 0 Å². The number of aromatic nitrogens is 2. The van der Waals surface area contributed by atoms with E-state index in [0.29, 0.717) is 4.90 Å². The number of carbonyl (C=O) groups is 1. The van der Waals surface area contributed by atoms with E-state index in [9.17, 15) is 18.0 Å². The predicted octanol–water partition coefficient (Wildman–Crippen LogP) is 2.27. The molecule has 2 rings (SSSR count). The quantitative estimate of drug-likeness (QED) is 0.864. The smallest absolute Gasteiger partial charge is 0.406 e. The van der Waals surface area contributed by atoms with Crippen molar-refractivity contribution in [2.24, 2.45) is 0 Å². The zero-order valence-corrected chi connectivity index (χ0v) is 10.2. The molecule has 2 aromatic rings. The molecule has 1 amide bonds. The van der Waals surface area contributed by atoms with Crippen molar-refractivity contribution >= 4 is 5.91 Å². The van der Waals surface area contributed by atoms with Crippen LogP contribution >= 0.6 is 0 Å². The molecule has 0 saturated carbocycles. The number of halogens is 3. The summed E-state index contributed by atoms with van der Waals surface area (Å²) in [5.74, 6) is -0.599. The van der Waals surface area contributed by atoms with Crippen LogP contribution in [-0.4, -0.2) is 33.5 Å². The average molecular weight is 285 g/mol. The molecule has 0 aliphatic heterocycles. The van der Waals surface area contributed by atoms with Gasteiger partial charge in [0.1, 0.15) is 18.0 Å². The molecule has 8 heteroatoms. The fourth-order valence-corrected chi connectivity index (χ4v) is 1.58. The van der Waals surface area contributed by atoms with Crippen LogP contribution in [0.5, 0.6) is 0 Å². The maximum absolute atomic E-state index is 12.5. The maximum Gasteiger partial charge on any atom is 0.406 e. The van der Waals surface area contributed by atoms with Crippen LogP contribution in [0.4, 0.5) is 13.2 Å². The Morgan fingerprint density at radius 3 is 2.70 bits per heavy atom. The van der Waals surface area contributed by atoms with Gasteiger partial charge in [-0.2, -0.15) is 13.2 Å². The molecule has 106 valence electrons. The highest BCUT2D eigenvalue weighted by Gasteiger charge is 2.34. The minimum absolute atomic E-state index is 0.150. The lowest BCUT2D eigenvalue weighted by molar-refractivity contribution is -0.142. The van der Waals surface area contributed by atoms with Gasteiger partial charge >= 0.3 is 6.18 Å². The minimum Gasteiger partial charge on any atom is -0.467 e. The fraction of sp³-hybridized carbons (Fsp3) is 0.250. The van der Waals surface area contributed by atoms with Crippen molar-refractivity contribution < 1.29 is 22.4 Å². The lowest BCUT2D eigenvalue weighted by atomic mass is 10.3. The maximum atomic E-state index is 12.5. The summed E-state index contributed by atoms with van der Waals surface area (Å²) in [5.41, 5.74) is -0.150. The second kappa shape index (κ2) is 5.72. The molecular formula is C12H10F3N3O2. The largest absolute Gasteiger partial charge is 0.467 e. The van der Waals surface area contributed by atoms with E-state index >= 15 is 0 Å². The Morgan fingerprint density at radius 2 is 2.15 bits per heavy atom. The Labute approximate surface area is 112 Å². The second-order valence-corrected chi connectivity index (χ2v) is 3.95. The number of hydrogen-bond acceptors (Lipinski definition) is 4. The molecule has 0 N–H and O–H groups in total. The Bertz CT molecular complexity index is 555. The van der Waals surface area contributed by atoms with Gasteiger partial charge in [0.05, 0.1) is 19.0 Å². The number of furan rings is 1. The SMILES string of the molecule is O=C(c1cnccn1)N(Cc1ccco1)CC(F)(F)F. The Morgan fingerprint density at radius 1 is 1.35 bits per heavy atom. The van der Waals surface area contributed by atoms with Crippen LogP contribution in [0.3, 0.4) is 0 Å². The summed E-state index contributed by atoms with van der Waals surface area (Å²) in [6.45, 7) is -1.68. The van der Waals surface area contributed by atoms with E-state index in [2.05, 4.69) is 9.97 Å². The first-order chi connectivity index (χ1) is 9.46. The zero-order valence-electron chi connectivity index (χ0n) is 10.2. The molecule has 2 aromatic heterocycles. The molecule has 0 saturated heterocycles. The number of carbonyl (C=O) groups excluding carboxylic acids is 1. The van der Waals surface area contributed by atoms with Gasteiger partial charge in [0, 0.05) is 12.4 Å². The number of nitrogens with zero attached hydrogens (tertiary/aromatic N) is 3. The van der Waals surface area contributed by atoms with Gasteiger partial charge in [0.15, 0.2) is 0 Å². The van der Waals surface area contributed by atoms with E-state index < -0.39 is 18.6 Å². The summed E-state index contributed by atoms with van der Waals surface area (Å²) in [4.78, 5) is 20.0. The standard InChI is InChI=1S/C12H10F3N3O2/c13-12(14,15)8-18(7-9-2-1-5-20-9)11(19)10-6-16-3-4-17-10/h1-6H,7-8H2.